The number of hydrogen-bond acceptors (Lipinski definition) is 3. The molecule has 0 radical (unpaired) electrons. The van der Waals surface area contributed by atoms with Crippen LogP contribution in [0.4, 0.5) is 0 Å². The predicted molar refractivity (Wildman–Crippen MR) is 57.3 cm³/mol. The standard InChI is InChI=1S/C11H17NO3/c1-9(15-10(2)11(13)14)8-12-6-4-3-5-7-12/h1-8H2,(H,13,14). The zero-order chi connectivity index (χ0) is 11.3. The van der Waals surface area contributed by atoms with E-state index in [1.54, 1.807) is 0 Å². The number of carboxylic acid groups (broad SMARTS) is 1. The highest BCUT2D eigenvalue weighted by molar-refractivity contribution is 5.83. The third kappa shape index (κ3) is 4.16. The van der Waals surface area contributed by atoms with Crippen LogP contribution in [0.25, 0.3) is 0 Å². The van der Waals surface area contributed by atoms with Gasteiger partial charge in [-0.05, 0) is 32.5 Å². The molecule has 1 heterocycles. The van der Waals surface area contributed by atoms with E-state index in [2.05, 4.69) is 18.1 Å². The van der Waals surface area contributed by atoms with E-state index in [-0.39, 0.29) is 5.76 Å². The molecule has 0 atom stereocenters. The Bertz CT molecular complexity index is 267. The van der Waals surface area contributed by atoms with Gasteiger partial charge < -0.3 is 9.84 Å². The third-order valence-corrected chi connectivity index (χ3v) is 2.35. The van der Waals surface area contributed by atoms with Crippen LogP contribution in [0.3, 0.4) is 0 Å². The Kier molecular flexibility index (Phi) is 4.37. The van der Waals surface area contributed by atoms with Gasteiger partial charge in [-0.15, -0.1) is 0 Å². The van der Waals surface area contributed by atoms with Crippen molar-refractivity contribution in [2.45, 2.75) is 19.3 Å². The molecule has 84 valence electrons. The molecular formula is C11H17NO3. The van der Waals surface area contributed by atoms with Crippen LogP contribution in [0.2, 0.25) is 0 Å². The Labute approximate surface area is 89.8 Å². The number of likely N-dealkylation sites (tertiary alicyclic amines) is 1. The van der Waals surface area contributed by atoms with Gasteiger partial charge in [-0.3, -0.25) is 4.90 Å². The summed E-state index contributed by atoms with van der Waals surface area (Å²) in [6.45, 7) is 9.62. The second-order valence-electron chi connectivity index (χ2n) is 3.71. The van der Waals surface area contributed by atoms with Crippen molar-refractivity contribution in [1.82, 2.24) is 4.90 Å². The van der Waals surface area contributed by atoms with Gasteiger partial charge in [-0.1, -0.05) is 13.0 Å². The summed E-state index contributed by atoms with van der Waals surface area (Å²) in [5.41, 5.74) is 0. The van der Waals surface area contributed by atoms with E-state index >= 15 is 0 Å². The molecule has 15 heavy (non-hydrogen) atoms. The van der Waals surface area contributed by atoms with Gasteiger partial charge in [0.2, 0.25) is 5.76 Å². The first-order valence-corrected chi connectivity index (χ1v) is 5.10. The minimum atomic E-state index is -1.14. The van der Waals surface area contributed by atoms with E-state index in [1.807, 2.05) is 0 Å². The first-order chi connectivity index (χ1) is 7.09. The summed E-state index contributed by atoms with van der Waals surface area (Å²) in [7, 11) is 0. The molecule has 0 amide bonds. The molecule has 0 aliphatic carbocycles. The van der Waals surface area contributed by atoms with Crippen molar-refractivity contribution in [3.63, 3.8) is 0 Å². The first-order valence-electron chi connectivity index (χ1n) is 5.10. The van der Waals surface area contributed by atoms with Gasteiger partial charge in [-0.2, -0.15) is 0 Å². The Morgan fingerprint density at radius 3 is 2.40 bits per heavy atom. The monoisotopic (exact) mass is 211 g/mol. The molecule has 0 bridgehead atoms. The number of carbonyl (C=O) groups is 1. The van der Waals surface area contributed by atoms with Gasteiger partial charge >= 0.3 is 5.97 Å². The number of rotatable bonds is 5. The highest BCUT2D eigenvalue weighted by Gasteiger charge is 2.13. The van der Waals surface area contributed by atoms with E-state index in [9.17, 15) is 4.79 Å². The zero-order valence-corrected chi connectivity index (χ0v) is 8.87. The van der Waals surface area contributed by atoms with Crippen LogP contribution in [0, 0.1) is 0 Å². The number of ether oxygens (including phenoxy) is 1. The molecule has 1 N–H and O–H groups in total. The SMILES string of the molecule is C=C(CN1CCCCC1)OC(=C)C(=O)O. The lowest BCUT2D eigenvalue weighted by Gasteiger charge is -2.26. The second kappa shape index (κ2) is 5.56. The van der Waals surface area contributed by atoms with Crippen molar-refractivity contribution in [2.24, 2.45) is 0 Å². The molecular weight excluding hydrogens is 194 g/mol. The fourth-order valence-electron chi connectivity index (χ4n) is 1.62. The highest BCUT2D eigenvalue weighted by atomic mass is 16.5. The van der Waals surface area contributed by atoms with Gasteiger partial charge in [0.15, 0.2) is 0 Å². The molecule has 4 heteroatoms. The fraction of sp³-hybridized carbons (Fsp3) is 0.545. The average molecular weight is 211 g/mol. The first kappa shape index (κ1) is 11.8. The van der Waals surface area contributed by atoms with Crippen LogP contribution in [0.1, 0.15) is 19.3 Å². The van der Waals surface area contributed by atoms with Crippen LogP contribution < -0.4 is 0 Å². The van der Waals surface area contributed by atoms with Crippen molar-refractivity contribution in [3.8, 4) is 0 Å². The molecule has 0 aromatic rings. The van der Waals surface area contributed by atoms with E-state index in [0.29, 0.717) is 12.3 Å². The lowest BCUT2D eigenvalue weighted by atomic mass is 10.1. The van der Waals surface area contributed by atoms with Crippen LogP contribution in [0.15, 0.2) is 24.7 Å². The molecule has 0 aromatic carbocycles. The fourth-order valence-corrected chi connectivity index (χ4v) is 1.62. The molecule has 0 saturated carbocycles. The van der Waals surface area contributed by atoms with Gasteiger partial charge in [0.05, 0.1) is 6.54 Å². The summed E-state index contributed by atoms with van der Waals surface area (Å²) >= 11 is 0. The number of nitrogens with zero attached hydrogens (tertiary/aromatic N) is 1. The van der Waals surface area contributed by atoms with Crippen LogP contribution in [-0.2, 0) is 9.53 Å². The predicted octanol–water partition coefficient (Wildman–Crippen LogP) is 1.60. The van der Waals surface area contributed by atoms with Gasteiger partial charge in [0.25, 0.3) is 0 Å². The maximum absolute atomic E-state index is 10.4. The van der Waals surface area contributed by atoms with Gasteiger partial charge in [0, 0.05) is 0 Å². The topological polar surface area (TPSA) is 49.8 Å². The molecule has 1 aliphatic rings. The minimum Gasteiger partial charge on any atom is -0.475 e. The third-order valence-electron chi connectivity index (χ3n) is 2.35. The molecule has 1 rings (SSSR count). The van der Waals surface area contributed by atoms with Crippen molar-refractivity contribution >= 4 is 5.97 Å². The molecule has 0 spiro atoms. The summed E-state index contributed by atoms with van der Waals surface area (Å²) in [6.07, 6.45) is 3.64. The Morgan fingerprint density at radius 1 is 1.27 bits per heavy atom. The summed E-state index contributed by atoms with van der Waals surface area (Å²) < 4.78 is 4.98. The molecule has 0 aromatic heterocycles. The van der Waals surface area contributed by atoms with E-state index in [4.69, 9.17) is 9.84 Å². The van der Waals surface area contributed by atoms with Crippen molar-refractivity contribution < 1.29 is 14.6 Å². The zero-order valence-electron chi connectivity index (χ0n) is 8.87. The molecule has 1 saturated heterocycles. The van der Waals surface area contributed by atoms with E-state index in [0.717, 1.165) is 13.1 Å². The molecule has 1 aliphatic heterocycles. The second-order valence-corrected chi connectivity index (χ2v) is 3.71. The average Bonchev–Trinajstić information content (AvgIpc) is 2.18. The van der Waals surface area contributed by atoms with Crippen molar-refractivity contribution in [2.75, 3.05) is 19.6 Å². The smallest absolute Gasteiger partial charge is 0.371 e. The Balaban J connectivity index is 2.28. The number of hydrogen-bond donors (Lipinski definition) is 1. The molecule has 0 unspecified atom stereocenters. The number of aliphatic carboxylic acids is 1. The molecule has 4 nitrogen and oxygen atoms in total. The van der Waals surface area contributed by atoms with Crippen LogP contribution >= 0.6 is 0 Å². The summed E-state index contributed by atoms with van der Waals surface area (Å²) in [6, 6.07) is 0. The quantitative estimate of drug-likeness (QED) is 0.554. The van der Waals surface area contributed by atoms with Crippen LogP contribution in [-0.4, -0.2) is 35.6 Å². The Hall–Kier alpha value is -1.29. The van der Waals surface area contributed by atoms with Crippen LogP contribution in [0.5, 0.6) is 0 Å². The Morgan fingerprint density at radius 2 is 1.87 bits per heavy atom. The maximum atomic E-state index is 10.4. The van der Waals surface area contributed by atoms with Gasteiger partial charge in [0.1, 0.15) is 5.76 Å². The lowest BCUT2D eigenvalue weighted by molar-refractivity contribution is -0.135. The summed E-state index contributed by atoms with van der Waals surface area (Å²) in [5, 5.41) is 8.56. The summed E-state index contributed by atoms with van der Waals surface area (Å²) in [4.78, 5) is 12.7. The lowest BCUT2D eigenvalue weighted by Crippen LogP contribution is -2.31. The largest absolute Gasteiger partial charge is 0.475 e. The van der Waals surface area contributed by atoms with Crippen molar-refractivity contribution in [1.29, 1.82) is 0 Å². The normalized spacial score (nSPS) is 17.1. The molecule has 1 fully saturated rings. The minimum absolute atomic E-state index is 0.267. The number of carboxylic acids is 1. The number of piperidine rings is 1. The van der Waals surface area contributed by atoms with E-state index < -0.39 is 5.97 Å². The van der Waals surface area contributed by atoms with Gasteiger partial charge in [-0.25, -0.2) is 4.79 Å². The maximum Gasteiger partial charge on any atom is 0.371 e. The summed E-state index contributed by atoms with van der Waals surface area (Å²) in [5.74, 6) is -0.962. The highest BCUT2D eigenvalue weighted by Crippen LogP contribution is 2.12. The van der Waals surface area contributed by atoms with E-state index in [1.165, 1.54) is 19.3 Å². The van der Waals surface area contributed by atoms with Crippen molar-refractivity contribution in [3.05, 3.63) is 24.7 Å².